The minimum absolute atomic E-state index is 0.183. The van der Waals surface area contributed by atoms with E-state index < -0.39 is 12.0 Å². The molecule has 0 bridgehead atoms. The number of hydrogen-bond donors (Lipinski definition) is 1. The zero-order valence-electron chi connectivity index (χ0n) is 10.9. The van der Waals surface area contributed by atoms with E-state index >= 15 is 0 Å². The molecule has 3 rings (SSSR count). The van der Waals surface area contributed by atoms with Crippen LogP contribution in [0.25, 0.3) is 5.65 Å². The standard InChI is InChI=1S/C12H12F3N5/c1-6-5-7(2)20-10(8(6)9-16-3-4-17-9)18-11(19-20)12(13,14)15/h5H,3-4H2,1-2H3,(H,16,17). The summed E-state index contributed by atoms with van der Waals surface area (Å²) in [7, 11) is 0. The number of nitrogens with zero attached hydrogens (tertiary/aromatic N) is 4. The summed E-state index contributed by atoms with van der Waals surface area (Å²) in [6.07, 6.45) is -4.56. The Bertz CT molecular complexity index is 714. The summed E-state index contributed by atoms with van der Waals surface area (Å²) in [5.74, 6) is -0.556. The molecule has 0 saturated heterocycles. The Hall–Kier alpha value is -2.12. The van der Waals surface area contributed by atoms with Crippen molar-refractivity contribution in [2.24, 2.45) is 4.99 Å². The number of aliphatic imine (C=N–C) groups is 1. The summed E-state index contributed by atoms with van der Waals surface area (Å²) in [6.45, 7) is 4.81. The molecule has 0 spiro atoms. The Balaban J connectivity index is 2.31. The van der Waals surface area contributed by atoms with Crippen molar-refractivity contribution in [3.8, 4) is 0 Å². The number of pyridine rings is 1. The van der Waals surface area contributed by atoms with Crippen LogP contribution in [0, 0.1) is 13.8 Å². The van der Waals surface area contributed by atoms with Crippen LogP contribution in [0.1, 0.15) is 22.6 Å². The number of aryl methyl sites for hydroxylation is 2. The van der Waals surface area contributed by atoms with E-state index in [1.165, 1.54) is 4.52 Å². The molecule has 5 nitrogen and oxygen atoms in total. The lowest BCUT2D eigenvalue weighted by molar-refractivity contribution is -0.144. The largest absolute Gasteiger partial charge is 0.453 e. The molecule has 0 saturated carbocycles. The maximum Gasteiger partial charge on any atom is 0.453 e. The van der Waals surface area contributed by atoms with E-state index in [2.05, 4.69) is 20.4 Å². The monoisotopic (exact) mass is 283 g/mol. The molecule has 20 heavy (non-hydrogen) atoms. The van der Waals surface area contributed by atoms with E-state index in [9.17, 15) is 13.2 Å². The number of fused-ring (bicyclic) bond motifs is 1. The predicted molar refractivity (Wildman–Crippen MR) is 66.9 cm³/mol. The van der Waals surface area contributed by atoms with Crippen LogP contribution < -0.4 is 5.32 Å². The van der Waals surface area contributed by atoms with Crippen LogP contribution >= 0.6 is 0 Å². The summed E-state index contributed by atoms with van der Waals surface area (Å²) in [6, 6.07) is 1.78. The average molecular weight is 283 g/mol. The number of amidine groups is 1. The van der Waals surface area contributed by atoms with Crippen molar-refractivity contribution in [1.82, 2.24) is 19.9 Å². The number of rotatable bonds is 1. The van der Waals surface area contributed by atoms with Gasteiger partial charge in [-0.25, -0.2) is 9.50 Å². The first-order chi connectivity index (χ1) is 9.38. The van der Waals surface area contributed by atoms with E-state index in [-0.39, 0.29) is 5.65 Å². The molecule has 0 atom stereocenters. The fourth-order valence-electron chi connectivity index (χ4n) is 2.32. The molecular weight excluding hydrogens is 271 g/mol. The summed E-state index contributed by atoms with van der Waals surface area (Å²) in [5, 5.41) is 6.62. The Morgan fingerprint density at radius 3 is 2.65 bits per heavy atom. The van der Waals surface area contributed by atoms with Gasteiger partial charge in [-0.2, -0.15) is 13.2 Å². The summed E-state index contributed by atoms with van der Waals surface area (Å²) < 4.78 is 39.6. The van der Waals surface area contributed by atoms with Gasteiger partial charge in [-0.05, 0) is 25.5 Å². The third-order valence-corrected chi connectivity index (χ3v) is 3.15. The maximum atomic E-state index is 12.8. The third-order valence-electron chi connectivity index (χ3n) is 3.15. The van der Waals surface area contributed by atoms with Crippen LogP contribution in [-0.2, 0) is 6.18 Å². The molecule has 0 fully saturated rings. The second kappa shape index (κ2) is 4.19. The molecule has 2 aromatic heterocycles. The normalized spacial score (nSPS) is 15.6. The quantitative estimate of drug-likeness (QED) is 0.867. The molecule has 3 heterocycles. The minimum Gasteiger partial charge on any atom is -0.368 e. The molecule has 1 aliphatic heterocycles. The van der Waals surface area contributed by atoms with Crippen LogP contribution in [0.5, 0.6) is 0 Å². The van der Waals surface area contributed by atoms with Gasteiger partial charge in [0, 0.05) is 12.2 Å². The number of halogens is 3. The highest BCUT2D eigenvalue weighted by Crippen LogP contribution is 2.28. The number of aromatic nitrogens is 3. The molecule has 1 N–H and O–H groups in total. The summed E-state index contributed by atoms with van der Waals surface area (Å²) in [4.78, 5) is 7.92. The Labute approximate surface area is 112 Å². The molecule has 106 valence electrons. The van der Waals surface area contributed by atoms with Gasteiger partial charge in [0.2, 0.25) is 0 Å². The molecule has 0 amide bonds. The van der Waals surface area contributed by atoms with E-state index in [0.717, 1.165) is 5.56 Å². The molecule has 2 aromatic rings. The summed E-state index contributed by atoms with van der Waals surface area (Å²) >= 11 is 0. The van der Waals surface area contributed by atoms with Crippen LogP contribution in [0.2, 0.25) is 0 Å². The smallest absolute Gasteiger partial charge is 0.368 e. The lowest BCUT2D eigenvalue weighted by atomic mass is 10.1. The molecule has 0 aromatic carbocycles. The van der Waals surface area contributed by atoms with Crippen molar-refractivity contribution in [2.45, 2.75) is 20.0 Å². The number of nitrogens with one attached hydrogen (secondary N) is 1. The average Bonchev–Trinajstić information content (AvgIpc) is 2.96. The van der Waals surface area contributed by atoms with Gasteiger partial charge in [0.1, 0.15) is 5.84 Å². The van der Waals surface area contributed by atoms with Crippen molar-refractivity contribution in [3.05, 3.63) is 28.7 Å². The van der Waals surface area contributed by atoms with Crippen LogP contribution in [0.3, 0.4) is 0 Å². The SMILES string of the molecule is Cc1cc(C)n2nc(C(F)(F)F)nc2c1C1=NCCN1. The summed E-state index contributed by atoms with van der Waals surface area (Å²) in [5.41, 5.74) is 2.19. The maximum absolute atomic E-state index is 12.8. The predicted octanol–water partition coefficient (Wildman–Crippen LogP) is 1.71. The molecule has 8 heteroatoms. The highest BCUT2D eigenvalue weighted by Gasteiger charge is 2.37. The Morgan fingerprint density at radius 1 is 1.30 bits per heavy atom. The van der Waals surface area contributed by atoms with Crippen molar-refractivity contribution < 1.29 is 13.2 Å². The number of hydrogen-bond acceptors (Lipinski definition) is 4. The van der Waals surface area contributed by atoms with Gasteiger partial charge in [0.25, 0.3) is 5.82 Å². The van der Waals surface area contributed by atoms with E-state index in [1.54, 1.807) is 13.0 Å². The van der Waals surface area contributed by atoms with Gasteiger partial charge in [0.15, 0.2) is 5.65 Å². The van der Waals surface area contributed by atoms with Crippen molar-refractivity contribution in [2.75, 3.05) is 13.1 Å². The zero-order valence-corrected chi connectivity index (χ0v) is 10.9. The molecular formula is C12H12F3N5. The van der Waals surface area contributed by atoms with Crippen molar-refractivity contribution in [3.63, 3.8) is 0 Å². The first kappa shape index (κ1) is 12.9. The molecule has 1 aliphatic rings. The highest BCUT2D eigenvalue weighted by atomic mass is 19.4. The van der Waals surface area contributed by atoms with E-state index in [0.29, 0.717) is 30.2 Å². The lowest BCUT2D eigenvalue weighted by Crippen LogP contribution is -2.21. The Kier molecular flexibility index (Phi) is 2.70. The molecule has 0 aliphatic carbocycles. The van der Waals surface area contributed by atoms with Gasteiger partial charge < -0.3 is 5.32 Å². The zero-order chi connectivity index (χ0) is 14.5. The van der Waals surface area contributed by atoms with Crippen LogP contribution in [0.4, 0.5) is 13.2 Å². The van der Waals surface area contributed by atoms with Gasteiger partial charge in [0.05, 0.1) is 12.1 Å². The Morgan fingerprint density at radius 2 is 2.05 bits per heavy atom. The van der Waals surface area contributed by atoms with E-state index in [4.69, 9.17) is 0 Å². The van der Waals surface area contributed by atoms with Crippen molar-refractivity contribution in [1.29, 1.82) is 0 Å². The lowest BCUT2D eigenvalue weighted by Gasteiger charge is -2.09. The highest BCUT2D eigenvalue weighted by molar-refractivity contribution is 6.05. The van der Waals surface area contributed by atoms with Gasteiger partial charge >= 0.3 is 6.18 Å². The molecule has 0 unspecified atom stereocenters. The van der Waals surface area contributed by atoms with Gasteiger partial charge in [-0.1, -0.05) is 0 Å². The fraction of sp³-hybridized carbons (Fsp3) is 0.417. The van der Waals surface area contributed by atoms with Crippen LogP contribution in [0.15, 0.2) is 11.1 Å². The first-order valence-electron chi connectivity index (χ1n) is 6.11. The number of alkyl halides is 3. The molecule has 0 radical (unpaired) electrons. The van der Waals surface area contributed by atoms with Crippen molar-refractivity contribution >= 4 is 11.5 Å². The van der Waals surface area contributed by atoms with Gasteiger partial charge in [-0.15, -0.1) is 5.10 Å². The fourth-order valence-corrected chi connectivity index (χ4v) is 2.32. The second-order valence-electron chi connectivity index (χ2n) is 4.67. The van der Waals surface area contributed by atoms with E-state index in [1.807, 2.05) is 6.92 Å². The van der Waals surface area contributed by atoms with Gasteiger partial charge in [-0.3, -0.25) is 4.99 Å². The third kappa shape index (κ3) is 1.91. The first-order valence-corrected chi connectivity index (χ1v) is 6.11. The topological polar surface area (TPSA) is 54.6 Å². The minimum atomic E-state index is -4.56. The second-order valence-corrected chi connectivity index (χ2v) is 4.67. The van der Waals surface area contributed by atoms with Crippen LogP contribution in [-0.4, -0.2) is 33.5 Å².